The Morgan fingerprint density at radius 2 is 2.20 bits per heavy atom. The Labute approximate surface area is 91.0 Å². The Morgan fingerprint density at radius 3 is 2.67 bits per heavy atom. The van der Waals surface area contributed by atoms with Crippen molar-refractivity contribution in [2.45, 2.75) is 26.4 Å². The smallest absolute Gasteiger partial charge is 0.243 e. The molecule has 90 valence electrons. The third kappa shape index (κ3) is 7.30. The van der Waals surface area contributed by atoms with Gasteiger partial charge in [-0.15, -0.1) is 0 Å². The Hall–Kier alpha value is -0.650. The molecule has 0 spiro atoms. The summed E-state index contributed by atoms with van der Waals surface area (Å²) in [4.78, 5) is 10.3. The van der Waals surface area contributed by atoms with Crippen molar-refractivity contribution in [1.82, 2.24) is 5.32 Å². The molecule has 0 saturated heterocycles. The van der Waals surface area contributed by atoms with Crippen molar-refractivity contribution in [2.24, 2.45) is 11.7 Å². The van der Waals surface area contributed by atoms with E-state index >= 15 is 0 Å². The summed E-state index contributed by atoms with van der Waals surface area (Å²) in [6.45, 7) is 7.17. The highest BCUT2D eigenvalue weighted by Crippen LogP contribution is 2.13. The third-order valence-electron chi connectivity index (χ3n) is 2.39. The summed E-state index contributed by atoms with van der Waals surface area (Å²) >= 11 is 0. The molecule has 1 amide bonds. The largest absolute Gasteiger partial charge is 0.389 e. The highest BCUT2D eigenvalue weighted by atomic mass is 16.5. The van der Waals surface area contributed by atoms with Crippen LogP contribution in [0.15, 0.2) is 0 Å². The van der Waals surface area contributed by atoms with Gasteiger partial charge in [0.1, 0.15) is 6.61 Å². The van der Waals surface area contributed by atoms with Crippen molar-refractivity contribution in [3.63, 3.8) is 0 Å². The number of nitrogens with one attached hydrogen (secondary N) is 1. The molecular formula is C10H22N2O3. The number of amides is 1. The van der Waals surface area contributed by atoms with Gasteiger partial charge in [0.2, 0.25) is 5.91 Å². The lowest BCUT2D eigenvalue weighted by atomic mass is 9.93. The standard InChI is InChI=1S/C10H22N2O3/c1-8(2)10(3,14)7-12-4-5-15-6-9(11)13/h8,12,14H,4-7H2,1-3H3,(H2,11,13). The summed E-state index contributed by atoms with van der Waals surface area (Å²) in [5.74, 6) is -0.277. The fraction of sp³-hybridized carbons (Fsp3) is 0.900. The van der Waals surface area contributed by atoms with Gasteiger partial charge < -0.3 is 20.9 Å². The second-order valence-corrected chi connectivity index (χ2v) is 4.21. The number of primary amides is 1. The number of hydrogen-bond acceptors (Lipinski definition) is 4. The monoisotopic (exact) mass is 218 g/mol. The lowest BCUT2D eigenvalue weighted by Gasteiger charge is -2.27. The van der Waals surface area contributed by atoms with Crippen LogP contribution in [0.5, 0.6) is 0 Å². The third-order valence-corrected chi connectivity index (χ3v) is 2.39. The van der Waals surface area contributed by atoms with Crippen LogP contribution in [0.4, 0.5) is 0 Å². The predicted molar refractivity (Wildman–Crippen MR) is 58.3 cm³/mol. The van der Waals surface area contributed by atoms with Gasteiger partial charge in [-0.05, 0) is 12.8 Å². The molecule has 0 aromatic heterocycles. The number of carbonyl (C=O) groups is 1. The van der Waals surface area contributed by atoms with Gasteiger partial charge in [0.15, 0.2) is 0 Å². The number of aliphatic hydroxyl groups is 1. The molecule has 0 saturated carbocycles. The van der Waals surface area contributed by atoms with E-state index in [4.69, 9.17) is 10.5 Å². The highest BCUT2D eigenvalue weighted by molar-refractivity contribution is 5.74. The van der Waals surface area contributed by atoms with Crippen molar-refractivity contribution in [1.29, 1.82) is 0 Å². The normalized spacial score (nSPS) is 15.3. The van der Waals surface area contributed by atoms with E-state index in [0.29, 0.717) is 19.7 Å². The molecule has 0 aliphatic carbocycles. The van der Waals surface area contributed by atoms with Gasteiger partial charge in [-0.1, -0.05) is 13.8 Å². The quantitative estimate of drug-likeness (QED) is 0.479. The zero-order valence-corrected chi connectivity index (χ0v) is 9.75. The molecule has 0 radical (unpaired) electrons. The van der Waals surface area contributed by atoms with Crippen molar-refractivity contribution < 1.29 is 14.6 Å². The maximum Gasteiger partial charge on any atom is 0.243 e. The fourth-order valence-corrected chi connectivity index (χ4v) is 0.863. The van der Waals surface area contributed by atoms with Gasteiger partial charge in [-0.3, -0.25) is 4.79 Å². The van der Waals surface area contributed by atoms with Crippen LogP contribution >= 0.6 is 0 Å². The molecule has 0 rings (SSSR count). The number of rotatable bonds is 8. The van der Waals surface area contributed by atoms with Crippen LogP contribution < -0.4 is 11.1 Å². The van der Waals surface area contributed by atoms with Gasteiger partial charge in [-0.2, -0.15) is 0 Å². The van der Waals surface area contributed by atoms with E-state index in [0.717, 1.165) is 0 Å². The minimum Gasteiger partial charge on any atom is -0.389 e. The first kappa shape index (κ1) is 14.3. The second-order valence-electron chi connectivity index (χ2n) is 4.21. The second kappa shape index (κ2) is 6.76. The summed E-state index contributed by atoms with van der Waals surface area (Å²) in [6, 6.07) is 0. The molecule has 4 N–H and O–H groups in total. The molecule has 0 aliphatic heterocycles. The topological polar surface area (TPSA) is 84.6 Å². The molecule has 0 aromatic rings. The number of ether oxygens (including phenoxy) is 1. The molecule has 0 fully saturated rings. The maximum absolute atomic E-state index is 10.3. The number of hydrogen-bond donors (Lipinski definition) is 3. The van der Waals surface area contributed by atoms with Crippen LogP contribution in [0.3, 0.4) is 0 Å². The zero-order chi connectivity index (χ0) is 11.9. The number of nitrogens with two attached hydrogens (primary N) is 1. The molecule has 0 aromatic carbocycles. The highest BCUT2D eigenvalue weighted by Gasteiger charge is 2.23. The average Bonchev–Trinajstić information content (AvgIpc) is 2.10. The van der Waals surface area contributed by atoms with Crippen LogP contribution in [0.2, 0.25) is 0 Å². The van der Waals surface area contributed by atoms with Gasteiger partial charge in [-0.25, -0.2) is 0 Å². The van der Waals surface area contributed by atoms with Crippen molar-refractivity contribution >= 4 is 5.91 Å². The first-order chi connectivity index (χ1) is 6.86. The fourth-order valence-electron chi connectivity index (χ4n) is 0.863. The summed E-state index contributed by atoms with van der Waals surface area (Å²) in [5.41, 5.74) is 4.17. The molecule has 15 heavy (non-hydrogen) atoms. The van der Waals surface area contributed by atoms with E-state index < -0.39 is 11.5 Å². The van der Waals surface area contributed by atoms with Crippen LogP contribution in [0, 0.1) is 5.92 Å². The molecule has 5 heteroatoms. The van der Waals surface area contributed by atoms with Crippen LogP contribution in [-0.2, 0) is 9.53 Å². The van der Waals surface area contributed by atoms with Crippen molar-refractivity contribution in [3.05, 3.63) is 0 Å². The Kier molecular flexibility index (Phi) is 6.47. The minimum atomic E-state index is -0.719. The van der Waals surface area contributed by atoms with E-state index in [-0.39, 0.29) is 12.5 Å². The molecule has 1 unspecified atom stereocenters. The summed E-state index contributed by atoms with van der Waals surface area (Å²) in [6.07, 6.45) is 0. The zero-order valence-electron chi connectivity index (χ0n) is 9.75. The first-order valence-corrected chi connectivity index (χ1v) is 5.15. The molecular weight excluding hydrogens is 196 g/mol. The summed E-state index contributed by atoms with van der Waals surface area (Å²) < 4.78 is 4.95. The lowest BCUT2D eigenvalue weighted by Crippen LogP contribution is -2.43. The van der Waals surface area contributed by atoms with Gasteiger partial charge in [0.25, 0.3) is 0 Å². The lowest BCUT2D eigenvalue weighted by molar-refractivity contribution is -0.122. The first-order valence-electron chi connectivity index (χ1n) is 5.15. The van der Waals surface area contributed by atoms with Gasteiger partial charge in [0, 0.05) is 13.1 Å². The van der Waals surface area contributed by atoms with E-state index in [1.54, 1.807) is 6.92 Å². The molecule has 5 nitrogen and oxygen atoms in total. The molecule has 0 aliphatic rings. The van der Waals surface area contributed by atoms with Crippen molar-refractivity contribution in [2.75, 3.05) is 26.3 Å². The van der Waals surface area contributed by atoms with E-state index in [2.05, 4.69) is 5.32 Å². The molecule has 1 atom stereocenters. The molecule has 0 heterocycles. The Morgan fingerprint density at radius 1 is 1.60 bits per heavy atom. The summed E-state index contributed by atoms with van der Waals surface area (Å²) in [7, 11) is 0. The number of carbonyl (C=O) groups excluding carboxylic acids is 1. The Bertz CT molecular complexity index is 193. The van der Waals surface area contributed by atoms with Crippen LogP contribution in [-0.4, -0.2) is 42.9 Å². The average molecular weight is 218 g/mol. The molecule has 0 bridgehead atoms. The Balaban J connectivity index is 3.42. The van der Waals surface area contributed by atoms with E-state index in [1.165, 1.54) is 0 Å². The van der Waals surface area contributed by atoms with E-state index in [1.807, 2.05) is 13.8 Å². The van der Waals surface area contributed by atoms with E-state index in [9.17, 15) is 9.90 Å². The SMILES string of the molecule is CC(C)C(C)(O)CNCCOCC(N)=O. The van der Waals surface area contributed by atoms with Crippen molar-refractivity contribution in [3.8, 4) is 0 Å². The van der Waals surface area contributed by atoms with Crippen LogP contribution in [0.25, 0.3) is 0 Å². The van der Waals surface area contributed by atoms with Gasteiger partial charge >= 0.3 is 0 Å². The predicted octanol–water partition coefficient (Wildman–Crippen LogP) is -0.515. The van der Waals surface area contributed by atoms with Crippen LogP contribution in [0.1, 0.15) is 20.8 Å². The van der Waals surface area contributed by atoms with Gasteiger partial charge in [0.05, 0.1) is 12.2 Å². The summed E-state index contributed by atoms with van der Waals surface area (Å²) in [5, 5.41) is 12.9. The minimum absolute atomic E-state index is 0.0533. The maximum atomic E-state index is 10.3.